The van der Waals surface area contributed by atoms with Crippen LogP contribution in [0.15, 0.2) is 53.4 Å². The molecule has 4 rings (SSSR count). The number of rotatable bonds is 3. The zero-order valence-corrected chi connectivity index (χ0v) is 16.1. The molecule has 1 saturated heterocycles. The van der Waals surface area contributed by atoms with E-state index in [1.165, 1.54) is 16.4 Å². The Morgan fingerprint density at radius 2 is 1.64 bits per heavy atom. The number of hydrogen-bond donors (Lipinski definition) is 0. The van der Waals surface area contributed by atoms with Crippen LogP contribution in [0.1, 0.15) is 11.1 Å². The van der Waals surface area contributed by atoms with Gasteiger partial charge in [-0.3, -0.25) is 4.79 Å². The zero-order chi connectivity index (χ0) is 19.7. The van der Waals surface area contributed by atoms with E-state index in [1.807, 2.05) is 24.3 Å². The largest absolute Gasteiger partial charge is 0.378 e. The van der Waals surface area contributed by atoms with Gasteiger partial charge in [-0.1, -0.05) is 24.3 Å². The van der Waals surface area contributed by atoms with Gasteiger partial charge in [0, 0.05) is 19.6 Å². The van der Waals surface area contributed by atoms with E-state index < -0.39 is 21.9 Å². The van der Waals surface area contributed by atoms with Gasteiger partial charge in [0.2, 0.25) is 15.9 Å². The van der Waals surface area contributed by atoms with Crippen molar-refractivity contribution in [1.29, 1.82) is 0 Å². The van der Waals surface area contributed by atoms with Crippen LogP contribution in [0.2, 0.25) is 0 Å². The third kappa shape index (κ3) is 3.55. The summed E-state index contributed by atoms with van der Waals surface area (Å²) in [6, 6.07) is 11.4. The lowest BCUT2D eigenvalue weighted by atomic mass is 9.95. The van der Waals surface area contributed by atoms with Crippen molar-refractivity contribution in [2.75, 3.05) is 26.3 Å². The van der Waals surface area contributed by atoms with Gasteiger partial charge in [-0.05, 0) is 41.8 Å². The Balaban J connectivity index is 1.72. The fourth-order valence-electron chi connectivity index (χ4n) is 3.70. The number of carbonyl (C=O) groups excluding carboxylic acids is 1. The number of ether oxygens (including phenoxy) is 1. The van der Waals surface area contributed by atoms with Crippen molar-refractivity contribution >= 4 is 15.9 Å². The first-order valence-corrected chi connectivity index (χ1v) is 10.6. The van der Waals surface area contributed by atoms with Crippen LogP contribution < -0.4 is 0 Å². The van der Waals surface area contributed by atoms with Crippen molar-refractivity contribution in [3.63, 3.8) is 0 Å². The van der Waals surface area contributed by atoms with Gasteiger partial charge in [0.05, 0.1) is 18.1 Å². The zero-order valence-electron chi connectivity index (χ0n) is 15.3. The molecule has 0 radical (unpaired) electrons. The Morgan fingerprint density at radius 1 is 1.00 bits per heavy atom. The van der Waals surface area contributed by atoms with Crippen molar-refractivity contribution < 1.29 is 22.3 Å². The highest BCUT2D eigenvalue weighted by Crippen LogP contribution is 2.30. The minimum Gasteiger partial charge on any atom is -0.378 e. The molecule has 0 aliphatic carbocycles. The average Bonchev–Trinajstić information content (AvgIpc) is 2.73. The Bertz CT molecular complexity index is 972. The predicted octanol–water partition coefficient (Wildman–Crippen LogP) is 1.80. The monoisotopic (exact) mass is 404 g/mol. The second kappa shape index (κ2) is 7.62. The van der Waals surface area contributed by atoms with E-state index in [-0.39, 0.29) is 17.3 Å². The molecule has 0 saturated carbocycles. The molecule has 1 amide bonds. The van der Waals surface area contributed by atoms with Gasteiger partial charge in [0.15, 0.2) is 0 Å². The molecule has 2 aliphatic rings. The molecule has 0 aromatic heterocycles. The van der Waals surface area contributed by atoms with Gasteiger partial charge in [-0.25, -0.2) is 12.8 Å². The number of amides is 1. The maximum atomic E-state index is 13.3. The Labute approximate surface area is 163 Å². The lowest BCUT2D eigenvalue weighted by Crippen LogP contribution is -2.55. The summed E-state index contributed by atoms with van der Waals surface area (Å²) in [5, 5.41) is 0. The second-order valence-corrected chi connectivity index (χ2v) is 8.82. The van der Waals surface area contributed by atoms with Crippen LogP contribution >= 0.6 is 0 Å². The van der Waals surface area contributed by atoms with Crippen LogP contribution in [0.3, 0.4) is 0 Å². The Kier molecular flexibility index (Phi) is 5.18. The summed E-state index contributed by atoms with van der Waals surface area (Å²) >= 11 is 0. The second-order valence-electron chi connectivity index (χ2n) is 6.93. The molecular weight excluding hydrogens is 383 g/mol. The first-order valence-electron chi connectivity index (χ1n) is 9.17. The molecule has 148 valence electrons. The summed E-state index contributed by atoms with van der Waals surface area (Å²) in [6.45, 7) is 1.89. The topological polar surface area (TPSA) is 66.9 Å². The first kappa shape index (κ1) is 19.0. The van der Waals surface area contributed by atoms with Crippen molar-refractivity contribution in [2.45, 2.75) is 23.9 Å². The van der Waals surface area contributed by atoms with E-state index in [2.05, 4.69) is 0 Å². The third-order valence-electron chi connectivity index (χ3n) is 5.23. The van der Waals surface area contributed by atoms with Crippen LogP contribution in [-0.2, 0) is 32.5 Å². The highest BCUT2D eigenvalue weighted by Gasteiger charge is 2.41. The maximum absolute atomic E-state index is 13.3. The number of halogens is 1. The molecule has 6 nitrogen and oxygen atoms in total. The molecule has 0 bridgehead atoms. The molecule has 1 atom stereocenters. The van der Waals surface area contributed by atoms with Crippen LogP contribution in [0.4, 0.5) is 4.39 Å². The Morgan fingerprint density at radius 3 is 2.32 bits per heavy atom. The third-order valence-corrected chi connectivity index (χ3v) is 7.10. The summed E-state index contributed by atoms with van der Waals surface area (Å²) in [5.41, 5.74) is 1.85. The van der Waals surface area contributed by atoms with Gasteiger partial charge in [-0.2, -0.15) is 4.31 Å². The fraction of sp³-hybridized carbons (Fsp3) is 0.350. The number of benzene rings is 2. The molecule has 0 unspecified atom stereocenters. The SMILES string of the molecule is O=C([C@H]1Cc2ccccc2CN1S(=O)(=O)c1ccc(F)cc1)N1CCOCC1. The van der Waals surface area contributed by atoms with E-state index in [1.54, 1.807) is 4.90 Å². The molecule has 2 heterocycles. The van der Waals surface area contributed by atoms with Gasteiger partial charge < -0.3 is 9.64 Å². The molecule has 2 aromatic rings. The first-order chi connectivity index (χ1) is 13.5. The number of nitrogens with zero attached hydrogens (tertiary/aromatic N) is 2. The number of morpholine rings is 1. The summed E-state index contributed by atoms with van der Waals surface area (Å²) < 4.78 is 46.5. The fourth-order valence-corrected chi connectivity index (χ4v) is 5.26. The van der Waals surface area contributed by atoms with Crippen molar-refractivity contribution in [2.24, 2.45) is 0 Å². The van der Waals surface area contributed by atoms with Gasteiger partial charge in [0.1, 0.15) is 11.9 Å². The average molecular weight is 404 g/mol. The molecular formula is C20H21FN2O4S. The molecule has 2 aliphatic heterocycles. The summed E-state index contributed by atoms with van der Waals surface area (Å²) in [6.07, 6.45) is 0.312. The van der Waals surface area contributed by atoms with E-state index in [0.717, 1.165) is 23.3 Å². The lowest BCUT2D eigenvalue weighted by Gasteiger charge is -2.38. The summed E-state index contributed by atoms with van der Waals surface area (Å²) in [7, 11) is -3.97. The predicted molar refractivity (Wildman–Crippen MR) is 100 cm³/mol. The number of carbonyl (C=O) groups is 1. The molecule has 8 heteroatoms. The molecule has 2 aromatic carbocycles. The molecule has 28 heavy (non-hydrogen) atoms. The Hall–Kier alpha value is -2.29. The summed E-state index contributed by atoms with van der Waals surface area (Å²) in [4.78, 5) is 14.9. The van der Waals surface area contributed by atoms with E-state index in [0.29, 0.717) is 32.7 Å². The lowest BCUT2D eigenvalue weighted by molar-refractivity contribution is -0.139. The standard InChI is InChI=1S/C20H21FN2O4S/c21-17-5-7-18(8-6-17)28(25,26)23-14-16-4-2-1-3-15(16)13-19(23)20(24)22-9-11-27-12-10-22/h1-8,19H,9-14H2/t19-/m1/s1. The summed E-state index contributed by atoms with van der Waals surface area (Å²) in [5.74, 6) is -0.729. The van der Waals surface area contributed by atoms with Gasteiger partial charge in [0.25, 0.3) is 0 Å². The van der Waals surface area contributed by atoms with Crippen molar-refractivity contribution in [1.82, 2.24) is 9.21 Å². The molecule has 0 spiro atoms. The minimum absolute atomic E-state index is 0.0203. The molecule has 0 N–H and O–H groups in total. The van der Waals surface area contributed by atoms with Gasteiger partial charge >= 0.3 is 0 Å². The van der Waals surface area contributed by atoms with Crippen molar-refractivity contribution in [3.8, 4) is 0 Å². The van der Waals surface area contributed by atoms with Crippen molar-refractivity contribution in [3.05, 3.63) is 65.5 Å². The van der Waals surface area contributed by atoms with Gasteiger partial charge in [-0.15, -0.1) is 0 Å². The highest BCUT2D eigenvalue weighted by molar-refractivity contribution is 7.89. The maximum Gasteiger partial charge on any atom is 0.244 e. The van der Waals surface area contributed by atoms with Crippen LogP contribution in [0, 0.1) is 5.82 Å². The normalized spacial score (nSPS) is 20.6. The van der Waals surface area contributed by atoms with E-state index >= 15 is 0 Å². The van der Waals surface area contributed by atoms with Crippen LogP contribution in [0.25, 0.3) is 0 Å². The minimum atomic E-state index is -3.97. The number of sulfonamides is 1. The van der Waals surface area contributed by atoms with E-state index in [9.17, 15) is 17.6 Å². The molecule has 1 fully saturated rings. The number of hydrogen-bond acceptors (Lipinski definition) is 4. The van der Waals surface area contributed by atoms with E-state index in [4.69, 9.17) is 4.74 Å². The van der Waals surface area contributed by atoms with Crippen LogP contribution in [0.5, 0.6) is 0 Å². The smallest absolute Gasteiger partial charge is 0.244 e. The highest BCUT2D eigenvalue weighted by atomic mass is 32.2. The number of fused-ring (bicyclic) bond motifs is 1. The quantitative estimate of drug-likeness (QED) is 0.783. The van der Waals surface area contributed by atoms with Crippen LogP contribution in [-0.4, -0.2) is 55.9 Å².